The Hall–Kier alpha value is -3.31. The smallest absolute Gasteiger partial charge is 0.270 e. The molecule has 0 saturated carbocycles. The van der Waals surface area contributed by atoms with Crippen molar-refractivity contribution in [1.82, 2.24) is 0 Å². The first kappa shape index (κ1) is 25.8. The lowest BCUT2D eigenvalue weighted by atomic mass is 9.89. The molecule has 0 saturated heterocycles. The molecule has 3 aromatic rings. The van der Waals surface area contributed by atoms with Crippen molar-refractivity contribution in [2.75, 3.05) is 19.8 Å². The van der Waals surface area contributed by atoms with Crippen LogP contribution in [0.1, 0.15) is 48.9 Å². The third kappa shape index (κ3) is 6.27. The molecule has 0 aliphatic carbocycles. The average Bonchev–Trinajstić information content (AvgIpc) is 2.86. The number of ether oxygens (including phenoxy) is 2. The van der Waals surface area contributed by atoms with Crippen LogP contribution in [0.4, 0.5) is 8.78 Å². The maximum Gasteiger partial charge on any atom is 0.270 e. The molecule has 1 aliphatic heterocycles. The SMILES string of the molecule is CC(=O)CCc1ccc(OCC2=C(c3ccc(C)cc3-c3ccccc3)COCC2)cc1C(C)(F)F. The van der Waals surface area contributed by atoms with Crippen molar-refractivity contribution in [2.24, 2.45) is 0 Å². The number of hydrogen-bond acceptors (Lipinski definition) is 3. The van der Waals surface area contributed by atoms with Gasteiger partial charge < -0.3 is 14.3 Å². The molecule has 0 unspecified atom stereocenters. The van der Waals surface area contributed by atoms with Crippen LogP contribution in [-0.4, -0.2) is 25.6 Å². The fourth-order valence-corrected chi connectivity index (χ4v) is 4.58. The summed E-state index contributed by atoms with van der Waals surface area (Å²) in [4.78, 5) is 11.4. The van der Waals surface area contributed by atoms with Crippen molar-refractivity contribution in [3.63, 3.8) is 0 Å². The normalized spacial score (nSPS) is 14.1. The van der Waals surface area contributed by atoms with Gasteiger partial charge in [-0.15, -0.1) is 0 Å². The molecule has 3 nitrogen and oxygen atoms in total. The van der Waals surface area contributed by atoms with Crippen LogP contribution < -0.4 is 4.74 Å². The van der Waals surface area contributed by atoms with E-state index >= 15 is 0 Å². The zero-order valence-corrected chi connectivity index (χ0v) is 21.1. The van der Waals surface area contributed by atoms with E-state index in [9.17, 15) is 13.6 Å². The van der Waals surface area contributed by atoms with E-state index in [0.717, 1.165) is 34.8 Å². The number of carbonyl (C=O) groups excluding carboxylic acids is 1. The Morgan fingerprint density at radius 2 is 1.81 bits per heavy atom. The van der Waals surface area contributed by atoms with Gasteiger partial charge in [-0.25, -0.2) is 8.78 Å². The number of benzene rings is 3. The quantitative estimate of drug-likeness (QED) is 0.311. The van der Waals surface area contributed by atoms with Gasteiger partial charge in [0.25, 0.3) is 5.92 Å². The fourth-order valence-electron chi connectivity index (χ4n) is 4.58. The molecule has 0 atom stereocenters. The summed E-state index contributed by atoms with van der Waals surface area (Å²) in [6.45, 7) is 5.79. The van der Waals surface area contributed by atoms with Gasteiger partial charge in [0, 0.05) is 18.9 Å². The predicted molar refractivity (Wildman–Crippen MR) is 139 cm³/mol. The first-order valence-corrected chi connectivity index (χ1v) is 12.3. The number of aryl methyl sites for hydroxylation is 2. The molecule has 5 heteroatoms. The monoisotopic (exact) mass is 490 g/mol. The van der Waals surface area contributed by atoms with Gasteiger partial charge in [0.05, 0.1) is 13.2 Å². The van der Waals surface area contributed by atoms with Crippen molar-refractivity contribution in [3.8, 4) is 16.9 Å². The summed E-state index contributed by atoms with van der Waals surface area (Å²) in [7, 11) is 0. The van der Waals surface area contributed by atoms with E-state index in [0.29, 0.717) is 37.6 Å². The summed E-state index contributed by atoms with van der Waals surface area (Å²) in [5, 5.41) is 0. The first-order valence-electron chi connectivity index (χ1n) is 12.3. The second kappa shape index (κ2) is 11.2. The van der Waals surface area contributed by atoms with Gasteiger partial charge >= 0.3 is 0 Å². The summed E-state index contributed by atoms with van der Waals surface area (Å²) >= 11 is 0. The third-order valence-corrected chi connectivity index (χ3v) is 6.52. The van der Waals surface area contributed by atoms with Gasteiger partial charge in [0.1, 0.15) is 18.1 Å². The van der Waals surface area contributed by atoms with Crippen LogP contribution in [0.25, 0.3) is 16.7 Å². The lowest BCUT2D eigenvalue weighted by molar-refractivity contribution is -0.117. The molecule has 0 spiro atoms. The standard InChI is InChI=1S/C31H32F2O3/c1-21-9-14-27(28(17-21)23-7-5-4-6-8-23)29-20-35-16-15-25(29)19-36-26-13-12-24(11-10-22(2)34)30(18-26)31(3,32)33/h4-9,12-14,17-18H,10-11,15-16,19-20H2,1-3H3. The van der Waals surface area contributed by atoms with E-state index in [4.69, 9.17) is 9.47 Å². The number of rotatable bonds is 9. The molecule has 1 heterocycles. The number of halogens is 2. The van der Waals surface area contributed by atoms with E-state index in [1.807, 2.05) is 18.2 Å². The van der Waals surface area contributed by atoms with Gasteiger partial charge in [-0.1, -0.05) is 60.2 Å². The highest BCUT2D eigenvalue weighted by Gasteiger charge is 2.28. The van der Waals surface area contributed by atoms with Crippen molar-refractivity contribution >= 4 is 11.4 Å². The largest absolute Gasteiger partial charge is 0.489 e. The second-order valence-electron chi connectivity index (χ2n) is 9.50. The van der Waals surface area contributed by atoms with Crippen LogP contribution in [0.15, 0.2) is 72.3 Å². The molecule has 0 bridgehead atoms. The lowest BCUT2D eigenvalue weighted by Gasteiger charge is -2.24. The number of hydrogen-bond donors (Lipinski definition) is 0. The van der Waals surface area contributed by atoms with Gasteiger partial charge in [-0.3, -0.25) is 0 Å². The minimum absolute atomic E-state index is 0.0225. The highest BCUT2D eigenvalue weighted by molar-refractivity contribution is 5.84. The van der Waals surface area contributed by atoms with E-state index in [1.54, 1.807) is 12.1 Å². The minimum Gasteiger partial charge on any atom is -0.489 e. The van der Waals surface area contributed by atoms with Crippen LogP contribution >= 0.6 is 0 Å². The fraction of sp³-hybridized carbons (Fsp3) is 0.323. The Morgan fingerprint density at radius 3 is 2.53 bits per heavy atom. The van der Waals surface area contributed by atoms with Crippen molar-refractivity contribution < 1.29 is 23.0 Å². The summed E-state index contributed by atoms with van der Waals surface area (Å²) in [5.74, 6) is -2.66. The Labute approximate surface area is 211 Å². The Bertz CT molecular complexity index is 1260. The molecule has 0 fully saturated rings. The average molecular weight is 491 g/mol. The third-order valence-electron chi connectivity index (χ3n) is 6.52. The van der Waals surface area contributed by atoms with E-state index < -0.39 is 5.92 Å². The van der Waals surface area contributed by atoms with E-state index in [2.05, 4.69) is 37.3 Å². The van der Waals surface area contributed by atoms with E-state index in [-0.39, 0.29) is 24.2 Å². The highest BCUT2D eigenvalue weighted by atomic mass is 19.3. The molecule has 0 radical (unpaired) electrons. The molecular weight excluding hydrogens is 458 g/mol. The highest BCUT2D eigenvalue weighted by Crippen LogP contribution is 2.36. The van der Waals surface area contributed by atoms with Crippen LogP contribution in [0.5, 0.6) is 5.75 Å². The number of carbonyl (C=O) groups is 1. The second-order valence-corrected chi connectivity index (χ2v) is 9.50. The van der Waals surface area contributed by atoms with Gasteiger partial charge in [-0.2, -0.15) is 0 Å². The number of Topliss-reactive ketones (excluding diaryl/α,β-unsaturated/α-hetero) is 1. The summed E-state index contributed by atoms with van der Waals surface area (Å²) in [6.07, 6.45) is 1.24. The van der Waals surface area contributed by atoms with Crippen LogP contribution in [-0.2, 0) is 21.9 Å². The van der Waals surface area contributed by atoms with Crippen molar-refractivity contribution in [3.05, 3.63) is 94.6 Å². The van der Waals surface area contributed by atoms with Crippen molar-refractivity contribution in [2.45, 2.75) is 46.0 Å². The predicted octanol–water partition coefficient (Wildman–Crippen LogP) is 7.55. The van der Waals surface area contributed by atoms with E-state index in [1.165, 1.54) is 18.6 Å². The number of alkyl halides is 2. The summed E-state index contributed by atoms with van der Waals surface area (Å²) in [6, 6.07) is 21.4. The maximum atomic E-state index is 14.4. The van der Waals surface area contributed by atoms with Gasteiger partial charge in [0.2, 0.25) is 0 Å². The molecule has 3 aromatic carbocycles. The van der Waals surface area contributed by atoms with Crippen LogP contribution in [0.2, 0.25) is 0 Å². The maximum absolute atomic E-state index is 14.4. The summed E-state index contributed by atoms with van der Waals surface area (Å²) < 4.78 is 40.6. The Morgan fingerprint density at radius 1 is 1.03 bits per heavy atom. The van der Waals surface area contributed by atoms with Gasteiger partial charge in [0.15, 0.2) is 0 Å². The Kier molecular flexibility index (Phi) is 8.00. The zero-order valence-electron chi connectivity index (χ0n) is 21.1. The molecule has 1 aliphatic rings. The molecule has 4 rings (SSSR count). The van der Waals surface area contributed by atoms with Gasteiger partial charge in [-0.05, 0) is 72.2 Å². The Balaban J connectivity index is 1.64. The molecule has 0 aromatic heterocycles. The molecule has 0 amide bonds. The van der Waals surface area contributed by atoms with Crippen LogP contribution in [0, 0.1) is 6.92 Å². The first-order chi connectivity index (χ1) is 17.2. The van der Waals surface area contributed by atoms with Crippen LogP contribution in [0.3, 0.4) is 0 Å². The van der Waals surface area contributed by atoms with Crippen molar-refractivity contribution in [1.29, 1.82) is 0 Å². The molecule has 0 N–H and O–H groups in total. The minimum atomic E-state index is -3.03. The zero-order chi connectivity index (χ0) is 25.7. The lowest BCUT2D eigenvalue weighted by Crippen LogP contribution is -2.16. The number of ketones is 1. The summed E-state index contributed by atoms with van der Waals surface area (Å²) in [5.41, 5.74) is 7.11. The molecular formula is C31H32F2O3. The molecule has 36 heavy (non-hydrogen) atoms. The molecule has 188 valence electrons. The topological polar surface area (TPSA) is 35.5 Å².